The Kier molecular flexibility index (Phi) is 12.2. The maximum absolute atomic E-state index is 12.6. The molecule has 3 amide bonds. The molecule has 0 bridgehead atoms. The lowest BCUT2D eigenvalue weighted by molar-refractivity contribution is -0.114. The van der Waals surface area contributed by atoms with Crippen molar-refractivity contribution in [3.05, 3.63) is 105 Å². The quantitative estimate of drug-likeness (QED) is 0.126. The van der Waals surface area contributed by atoms with Crippen LogP contribution in [-0.4, -0.2) is 37.0 Å². The van der Waals surface area contributed by atoms with Crippen LogP contribution in [0.4, 0.5) is 17.1 Å². The third kappa shape index (κ3) is 8.78. The molecule has 4 aromatic carbocycles. The van der Waals surface area contributed by atoms with Crippen LogP contribution >= 0.6 is 0 Å². The molecule has 2 heterocycles. The van der Waals surface area contributed by atoms with Crippen LogP contribution in [0.1, 0.15) is 130 Å². The van der Waals surface area contributed by atoms with E-state index in [-0.39, 0.29) is 23.5 Å². The number of benzene rings is 4. The maximum atomic E-state index is 12.6. The van der Waals surface area contributed by atoms with Gasteiger partial charge >= 0.3 is 0 Å². The molecule has 4 N–H and O–H groups in total. The molecule has 6 rings (SSSR count). The number of hydrogen-bond donors (Lipinski definition) is 4. The van der Waals surface area contributed by atoms with Gasteiger partial charge in [-0.05, 0) is 118 Å². The average Bonchev–Trinajstić information content (AvgIpc) is 3.59. The fraction of sp³-hybridized carbons (Fsp3) is 0.326. The van der Waals surface area contributed by atoms with Crippen LogP contribution < -0.4 is 25.4 Å². The molecule has 0 radical (unpaired) electrons. The first-order chi connectivity index (χ1) is 26.0. The minimum absolute atomic E-state index is 0.138. The lowest BCUT2D eigenvalue weighted by Crippen LogP contribution is -2.06. The molecule has 0 saturated carbocycles. The Morgan fingerprint density at radius 1 is 0.618 bits per heavy atom. The van der Waals surface area contributed by atoms with Crippen LogP contribution in [0.5, 0.6) is 17.2 Å². The molecule has 0 aromatic heterocycles. The van der Waals surface area contributed by atoms with Gasteiger partial charge in [-0.15, -0.1) is 0 Å². The Morgan fingerprint density at radius 3 is 1.36 bits per heavy atom. The second kappa shape index (κ2) is 16.7. The molecule has 288 valence electrons. The Morgan fingerprint density at radius 2 is 1.00 bits per heavy atom. The van der Waals surface area contributed by atoms with E-state index < -0.39 is 0 Å². The third-order valence-electron chi connectivity index (χ3n) is 9.76. The van der Waals surface area contributed by atoms with E-state index in [1.807, 2.05) is 24.3 Å². The van der Waals surface area contributed by atoms with Gasteiger partial charge in [-0.25, -0.2) is 0 Å². The summed E-state index contributed by atoms with van der Waals surface area (Å²) < 4.78 is 11.4. The summed E-state index contributed by atoms with van der Waals surface area (Å²) in [5, 5.41) is 18.1. The molecule has 0 atom stereocenters. The lowest BCUT2D eigenvalue weighted by atomic mass is 9.90. The number of rotatable bonds is 9. The van der Waals surface area contributed by atoms with Crippen LogP contribution in [0.3, 0.4) is 0 Å². The van der Waals surface area contributed by atoms with Crippen molar-refractivity contribution in [2.24, 2.45) is 0 Å². The van der Waals surface area contributed by atoms with Gasteiger partial charge in [0.25, 0.3) is 11.8 Å². The van der Waals surface area contributed by atoms with E-state index >= 15 is 0 Å². The molecular weight excluding hydrogens is 691 g/mol. The van der Waals surface area contributed by atoms with Gasteiger partial charge in [0.15, 0.2) is 0 Å². The van der Waals surface area contributed by atoms with Gasteiger partial charge in [0.1, 0.15) is 17.2 Å². The second-order valence-corrected chi connectivity index (χ2v) is 15.3. The summed E-state index contributed by atoms with van der Waals surface area (Å²) in [6.45, 7) is 18.6. The standard InChI is InChI=1S/C24H28N2O3.C22H25NO3/c1-13(2)19-9-16(10-20(14(3)4)23(19)29-6)11-21-18-8-7-17(25-15(5)27)12-22(18)26-24(21)28;1-12(2)17-8-14(9-18(13(3)4)21(17)26-5)10-19-16-7-6-15(24)11-20(16)23-22(19)25/h7-14H,1-6H3,(H,25,27)(H,26,28);6-13,24H,1-5H3,(H,23,25). The Hall–Kier alpha value is -5.83. The van der Waals surface area contributed by atoms with Gasteiger partial charge in [-0.1, -0.05) is 61.5 Å². The molecule has 0 aliphatic carbocycles. The first-order valence-electron chi connectivity index (χ1n) is 18.8. The monoisotopic (exact) mass is 743 g/mol. The van der Waals surface area contributed by atoms with Gasteiger partial charge < -0.3 is 30.5 Å². The molecule has 4 aromatic rings. The molecule has 0 fully saturated rings. The summed E-state index contributed by atoms with van der Waals surface area (Å²) in [7, 11) is 3.41. The molecule has 0 saturated heterocycles. The van der Waals surface area contributed by atoms with Crippen molar-refractivity contribution in [2.45, 2.75) is 86.0 Å². The molecule has 2 aliphatic heterocycles. The average molecular weight is 744 g/mol. The van der Waals surface area contributed by atoms with E-state index in [2.05, 4.69) is 95.6 Å². The normalized spacial score (nSPS) is 14.6. The predicted octanol–water partition coefficient (Wildman–Crippen LogP) is 10.5. The molecule has 2 aliphatic rings. The predicted molar refractivity (Wildman–Crippen MR) is 224 cm³/mol. The number of fused-ring (bicyclic) bond motifs is 2. The number of aromatic hydroxyl groups is 1. The van der Waals surface area contributed by atoms with Crippen molar-refractivity contribution in [1.29, 1.82) is 0 Å². The lowest BCUT2D eigenvalue weighted by Gasteiger charge is -2.19. The first-order valence-corrected chi connectivity index (χ1v) is 18.8. The summed E-state index contributed by atoms with van der Waals surface area (Å²) in [6.07, 6.45) is 3.84. The largest absolute Gasteiger partial charge is 0.508 e. The van der Waals surface area contributed by atoms with Crippen molar-refractivity contribution in [2.75, 3.05) is 30.2 Å². The highest BCUT2D eigenvalue weighted by molar-refractivity contribution is 6.35. The summed E-state index contributed by atoms with van der Waals surface area (Å²) in [6, 6.07) is 18.8. The fourth-order valence-corrected chi connectivity index (χ4v) is 7.03. The molecule has 0 spiro atoms. The number of methoxy groups -OCH3 is 2. The maximum Gasteiger partial charge on any atom is 0.256 e. The number of phenols is 1. The van der Waals surface area contributed by atoms with Crippen LogP contribution in [0.25, 0.3) is 23.3 Å². The van der Waals surface area contributed by atoms with Crippen molar-refractivity contribution in [1.82, 2.24) is 0 Å². The van der Waals surface area contributed by atoms with Crippen LogP contribution in [0, 0.1) is 0 Å². The van der Waals surface area contributed by atoms with Crippen LogP contribution in [-0.2, 0) is 14.4 Å². The Labute approximate surface area is 324 Å². The first kappa shape index (κ1) is 40.4. The van der Waals surface area contributed by atoms with E-state index in [0.29, 0.717) is 51.9 Å². The Balaban J connectivity index is 0.000000212. The number of carbonyl (C=O) groups excluding carboxylic acids is 3. The van der Waals surface area contributed by atoms with Gasteiger partial charge in [-0.2, -0.15) is 0 Å². The zero-order chi connectivity index (χ0) is 40.3. The zero-order valence-corrected chi connectivity index (χ0v) is 33.7. The molecule has 9 heteroatoms. The van der Waals surface area contributed by atoms with Crippen LogP contribution in [0.15, 0.2) is 60.7 Å². The molecule has 0 unspecified atom stereocenters. The van der Waals surface area contributed by atoms with Gasteiger partial charge in [-0.3, -0.25) is 14.4 Å². The van der Waals surface area contributed by atoms with Gasteiger partial charge in [0.05, 0.1) is 25.6 Å². The fourth-order valence-electron chi connectivity index (χ4n) is 7.03. The number of anilines is 3. The SMILES string of the molecule is COc1c(C(C)C)cc(C=C2C(=O)Nc3cc(NC(C)=O)ccc32)cc1C(C)C.COc1c(C(C)C)cc(C=C2C(=O)Nc3cc(O)ccc32)cc1C(C)C. The van der Waals surface area contributed by atoms with Crippen molar-refractivity contribution in [3.63, 3.8) is 0 Å². The number of amides is 3. The highest BCUT2D eigenvalue weighted by Gasteiger charge is 2.27. The van der Waals surface area contributed by atoms with Crippen molar-refractivity contribution < 1.29 is 29.0 Å². The minimum Gasteiger partial charge on any atom is -0.508 e. The summed E-state index contributed by atoms with van der Waals surface area (Å²) in [5.41, 5.74) is 11.3. The van der Waals surface area contributed by atoms with Gasteiger partial charge in [0.2, 0.25) is 5.91 Å². The van der Waals surface area contributed by atoms with Crippen molar-refractivity contribution >= 4 is 58.1 Å². The number of carbonyl (C=O) groups is 3. The summed E-state index contributed by atoms with van der Waals surface area (Å²) in [5.74, 6) is 2.75. The molecular formula is C46H53N3O6. The van der Waals surface area contributed by atoms with Crippen LogP contribution in [0.2, 0.25) is 0 Å². The van der Waals surface area contributed by atoms with E-state index in [1.165, 1.54) is 6.92 Å². The smallest absolute Gasteiger partial charge is 0.256 e. The number of ether oxygens (including phenoxy) is 2. The van der Waals surface area contributed by atoms with E-state index in [1.54, 1.807) is 38.5 Å². The van der Waals surface area contributed by atoms with Gasteiger partial charge in [0, 0.05) is 41.0 Å². The molecule has 55 heavy (non-hydrogen) atoms. The Bertz CT molecular complexity index is 2150. The van der Waals surface area contributed by atoms with E-state index in [9.17, 15) is 19.5 Å². The highest BCUT2D eigenvalue weighted by Crippen LogP contribution is 2.41. The summed E-state index contributed by atoms with van der Waals surface area (Å²) in [4.78, 5) is 36.3. The number of hydrogen-bond acceptors (Lipinski definition) is 6. The van der Waals surface area contributed by atoms with E-state index in [4.69, 9.17) is 9.47 Å². The number of phenolic OH excluding ortho intramolecular Hbond substituents is 1. The highest BCUT2D eigenvalue weighted by atomic mass is 16.5. The van der Waals surface area contributed by atoms with E-state index in [0.717, 1.165) is 56.0 Å². The number of nitrogens with one attached hydrogen (secondary N) is 3. The summed E-state index contributed by atoms with van der Waals surface area (Å²) >= 11 is 0. The molecule has 9 nitrogen and oxygen atoms in total. The zero-order valence-electron chi connectivity index (χ0n) is 33.7. The third-order valence-corrected chi connectivity index (χ3v) is 9.76. The van der Waals surface area contributed by atoms with Crippen molar-refractivity contribution in [3.8, 4) is 17.2 Å². The minimum atomic E-state index is -0.154. The second-order valence-electron chi connectivity index (χ2n) is 15.3. The topological polar surface area (TPSA) is 126 Å².